The highest BCUT2D eigenvalue weighted by molar-refractivity contribution is 5.41. The van der Waals surface area contributed by atoms with E-state index in [4.69, 9.17) is 5.11 Å². The van der Waals surface area contributed by atoms with Crippen molar-refractivity contribution in [2.24, 2.45) is 0 Å². The lowest BCUT2D eigenvalue weighted by Gasteiger charge is -2.26. The molecule has 0 aromatic heterocycles. The normalized spacial score (nSPS) is 10.7. The van der Waals surface area contributed by atoms with E-state index in [0.29, 0.717) is 11.6 Å². The van der Waals surface area contributed by atoms with Gasteiger partial charge >= 0.3 is 0 Å². The Morgan fingerprint density at radius 1 is 1.37 bits per heavy atom. The second kappa shape index (κ2) is 7.93. The summed E-state index contributed by atoms with van der Waals surface area (Å²) in [7, 11) is 0. The molecule has 1 aromatic rings. The van der Waals surface area contributed by atoms with Crippen molar-refractivity contribution in [1.29, 1.82) is 0 Å². The number of aliphatic hydroxyl groups excluding tert-OH is 1. The van der Waals surface area contributed by atoms with Gasteiger partial charge in [0.1, 0.15) is 12.4 Å². The van der Waals surface area contributed by atoms with Gasteiger partial charge in [0.05, 0.1) is 0 Å². The van der Waals surface area contributed by atoms with Crippen molar-refractivity contribution < 1.29 is 9.50 Å². The molecule has 1 rings (SSSR count). The summed E-state index contributed by atoms with van der Waals surface area (Å²) in [6, 6.07) is 5.11. The van der Waals surface area contributed by atoms with Gasteiger partial charge in [-0.15, -0.1) is 0 Å². The molecule has 2 nitrogen and oxygen atoms in total. The van der Waals surface area contributed by atoms with E-state index in [1.54, 1.807) is 6.07 Å². The molecule has 1 aromatic carbocycles. The minimum absolute atomic E-state index is 0.210. The summed E-state index contributed by atoms with van der Waals surface area (Å²) in [5.41, 5.74) is 1.67. The Morgan fingerprint density at radius 3 is 2.68 bits per heavy atom. The van der Waals surface area contributed by atoms with Crippen LogP contribution in [0.5, 0.6) is 0 Å². The summed E-state index contributed by atoms with van der Waals surface area (Å²) >= 11 is 0. The van der Waals surface area contributed by atoms with Crippen molar-refractivity contribution in [2.45, 2.75) is 39.8 Å². The summed E-state index contributed by atoms with van der Waals surface area (Å²) in [4.78, 5) is 2.33. The van der Waals surface area contributed by atoms with Crippen LogP contribution in [-0.2, 0) is 6.54 Å². The lowest BCUT2D eigenvalue weighted by atomic mass is 10.1. The highest BCUT2D eigenvalue weighted by atomic mass is 19.1. The average molecular weight is 263 g/mol. The maximum absolute atomic E-state index is 13.3. The lowest BCUT2D eigenvalue weighted by Crippen LogP contribution is -2.31. The topological polar surface area (TPSA) is 23.5 Å². The fourth-order valence-corrected chi connectivity index (χ4v) is 1.96. The molecule has 0 amide bonds. The van der Waals surface area contributed by atoms with Crippen molar-refractivity contribution >= 4 is 0 Å². The van der Waals surface area contributed by atoms with E-state index in [2.05, 4.69) is 37.5 Å². The first-order valence-corrected chi connectivity index (χ1v) is 6.70. The van der Waals surface area contributed by atoms with Crippen LogP contribution in [-0.4, -0.2) is 29.2 Å². The molecule has 0 aliphatic rings. The van der Waals surface area contributed by atoms with E-state index in [-0.39, 0.29) is 12.4 Å². The molecule has 0 bridgehead atoms. The Bertz CT molecular complexity index is 460. The van der Waals surface area contributed by atoms with Crippen LogP contribution in [0.4, 0.5) is 4.39 Å². The monoisotopic (exact) mass is 263 g/mol. The third-order valence-electron chi connectivity index (χ3n) is 2.99. The summed E-state index contributed by atoms with van der Waals surface area (Å²) < 4.78 is 13.3. The van der Waals surface area contributed by atoms with E-state index < -0.39 is 0 Å². The van der Waals surface area contributed by atoms with Gasteiger partial charge in [-0.2, -0.15) is 0 Å². The molecule has 19 heavy (non-hydrogen) atoms. The second-order valence-electron chi connectivity index (χ2n) is 4.83. The number of hydrogen-bond donors (Lipinski definition) is 1. The second-order valence-corrected chi connectivity index (χ2v) is 4.83. The van der Waals surface area contributed by atoms with Crippen molar-refractivity contribution in [2.75, 3.05) is 13.2 Å². The quantitative estimate of drug-likeness (QED) is 0.826. The molecule has 0 radical (unpaired) electrons. The van der Waals surface area contributed by atoms with E-state index in [9.17, 15) is 4.39 Å². The molecular formula is C16H22FNO. The Labute approximate surface area is 115 Å². The molecule has 0 saturated carbocycles. The van der Waals surface area contributed by atoms with E-state index in [0.717, 1.165) is 25.1 Å². The minimum atomic E-state index is -0.294. The van der Waals surface area contributed by atoms with Gasteiger partial charge in [-0.25, -0.2) is 4.39 Å². The largest absolute Gasteiger partial charge is 0.384 e. The molecule has 3 heteroatoms. The molecule has 104 valence electrons. The zero-order chi connectivity index (χ0) is 14.3. The van der Waals surface area contributed by atoms with Crippen molar-refractivity contribution in [3.63, 3.8) is 0 Å². The molecule has 0 spiro atoms. The minimum Gasteiger partial charge on any atom is -0.384 e. The third kappa shape index (κ3) is 5.02. The highest BCUT2D eigenvalue weighted by Crippen LogP contribution is 2.15. The maximum atomic E-state index is 13.3. The molecule has 0 fully saturated rings. The van der Waals surface area contributed by atoms with Crippen molar-refractivity contribution in [3.8, 4) is 11.8 Å². The molecule has 0 atom stereocenters. The average Bonchev–Trinajstić information content (AvgIpc) is 2.37. The first-order chi connectivity index (χ1) is 9.08. The standard InChI is InChI=1S/C16H22FNO/c1-4-9-18(13(2)3)12-15-7-8-16(17)11-14(15)6-5-10-19/h7-8,11,13,19H,4,9-10,12H2,1-3H3. The van der Waals surface area contributed by atoms with Gasteiger partial charge in [0.15, 0.2) is 0 Å². The van der Waals surface area contributed by atoms with Gasteiger partial charge in [-0.1, -0.05) is 24.8 Å². The van der Waals surface area contributed by atoms with Crippen LogP contribution in [0, 0.1) is 17.7 Å². The van der Waals surface area contributed by atoms with Gasteiger partial charge in [0.25, 0.3) is 0 Å². The number of nitrogens with zero attached hydrogens (tertiary/aromatic N) is 1. The van der Waals surface area contributed by atoms with Crippen LogP contribution in [0.1, 0.15) is 38.3 Å². The van der Waals surface area contributed by atoms with Crippen molar-refractivity contribution in [1.82, 2.24) is 4.90 Å². The van der Waals surface area contributed by atoms with E-state index in [1.165, 1.54) is 12.1 Å². The van der Waals surface area contributed by atoms with E-state index in [1.807, 2.05) is 0 Å². The summed E-state index contributed by atoms with van der Waals surface area (Å²) in [5, 5.41) is 8.76. The van der Waals surface area contributed by atoms with Crippen LogP contribution in [0.15, 0.2) is 18.2 Å². The predicted octanol–water partition coefficient (Wildman–Crippen LogP) is 2.79. The van der Waals surface area contributed by atoms with Gasteiger partial charge in [0, 0.05) is 18.2 Å². The Kier molecular flexibility index (Phi) is 6.55. The molecule has 1 N–H and O–H groups in total. The highest BCUT2D eigenvalue weighted by Gasteiger charge is 2.11. The summed E-state index contributed by atoms with van der Waals surface area (Å²) in [5.74, 6) is 5.12. The van der Waals surface area contributed by atoms with Crippen LogP contribution in [0.3, 0.4) is 0 Å². The molecule has 0 heterocycles. The lowest BCUT2D eigenvalue weighted by molar-refractivity contribution is 0.213. The number of hydrogen-bond acceptors (Lipinski definition) is 2. The number of rotatable bonds is 5. The zero-order valence-electron chi connectivity index (χ0n) is 11.9. The smallest absolute Gasteiger partial charge is 0.124 e. The van der Waals surface area contributed by atoms with Crippen LogP contribution in [0.25, 0.3) is 0 Å². The molecule has 0 saturated heterocycles. The SMILES string of the molecule is CCCN(Cc1ccc(F)cc1C#CCO)C(C)C. The van der Waals surface area contributed by atoms with Crippen LogP contribution < -0.4 is 0 Å². The van der Waals surface area contributed by atoms with Gasteiger partial charge in [0.2, 0.25) is 0 Å². The van der Waals surface area contributed by atoms with Gasteiger partial charge in [-0.3, -0.25) is 4.90 Å². The van der Waals surface area contributed by atoms with Gasteiger partial charge < -0.3 is 5.11 Å². The predicted molar refractivity (Wildman–Crippen MR) is 76.2 cm³/mol. The zero-order valence-corrected chi connectivity index (χ0v) is 11.9. The summed E-state index contributed by atoms with van der Waals surface area (Å²) in [6.45, 7) is 7.99. The number of benzene rings is 1. The Morgan fingerprint density at radius 2 is 2.11 bits per heavy atom. The number of aliphatic hydroxyl groups is 1. The van der Waals surface area contributed by atoms with Crippen molar-refractivity contribution in [3.05, 3.63) is 35.1 Å². The van der Waals surface area contributed by atoms with Crippen LogP contribution in [0.2, 0.25) is 0 Å². The number of halogens is 1. The maximum Gasteiger partial charge on any atom is 0.124 e. The summed E-state index contributed by atoms with van der Waals surface area (Å²) in [6.07, 6.45) is 1.08. The molecular weight excluding hydrogens is 241 g/mol. The first-order valence-electron chi connectivity index (χ1n) is 6.70. The van der Waals surface area contributed by atoms with E-state index >= 15 is 0 Å². The molecule has 0 aliphatic heterocycles. The molecule has 0 unspecified atom stereocenters. The Hall–Kier alpha value is -1.37. The van der Waals surface area contributed by atoms with Crippen LogP contribution >= 0.6 is 0 Å². The third-order valence-corrected chi connectivity index (χ3v) is 2.99. The van der Waals surface area contributed by atoms with Gasteiger partial charge in [-0.05, 0) is 44.5 Å². The fourth-order valence-electron chi connectivity index (χ4n) is 1.96. The first kappa shape index (κ1) is 15.7. The fraction of sp³-hybridized carbons (Fsp3) is 0.500. The molecule has 0 aliphatic carbocycles. The Balaban J connectivity index is 2.98.